The maximum absolute atomic E-state index is 13.9. The van der Waals surface area contributed by atoms with Crippen LogP contribution in [0.15, 0.2) is 24.3 Å². The number of rotatable bonds is 3. The molecule has 1 N–H and O–H groups in total. The van der Waals surface area contributed by atoms with Crippen molar-refractivity contribution in [3.8, 4) is 0 Å². The highest BCUT2D eigenvalue weighted by molar-refractivity contribution is 5.68. The van der Waals surface area contributed by atoms with E-state index >= 15 is 0 Å². The first-order chi connectivity index (χ1) is 9.08. The summed E-state index contributed by atoms with van der Waals surface area (Å²) >= 11 is 0. The summed E-state index contributed by atoms with van der Waals surface area (Å²) in [6.45, 7) is 2.23. The molecule has 0 bridgehead atoms. The largest absolute Gasteiger partial charge is 0.481 e. The number of hydrogen-bond acceptors (Lipinski definition) is 3. The number of para-hydroxylation sites is 1. The molecule has 0 spiro atoms. The third-order valence-electron chi connectivity index (χ3n) is 3.47. The van der Waals surface area contributed by atoms with Crippen LogP contribution in [-0.4, -0.2) is 48.7 Å². The smallest absolute Gasteiger partial charge is 0.305 e. The number of anilines is 1. The van der Waals surface area contributed by atoms with E-state index in [1.807, 2.05) is 11.9 Å². The summed E-state index contributed by atoms with van der Waals surface area (Å²) in [7, 11) is 1.97. The molecule has 0 aromatic heterocycles. The number of benzene rings is 1. The van der Waals surface area contributed by atoms with Gasteiger partial charge in [0, 0.05) is 13.1 Å². The van der Waals surface area contributed by atoms with E-state index in [-0.39, 0.29) is 18.3 Å². The predicted octanol–water partition coefficient (Wildman–Crippen LogP) is 1.81. The fourth-order valence-electron chi connectivity index (χ4n) is 2.62. The van der Waals surface area contributed by atoms with Gasteiger partial charge in [-0.15, -0.1) is 0 Å². The number of aliphatic carboxylic acids is 1. The number of carbonyl (C=O) groups is 1. The Morgan fingerprint density at radius 2 is 2.16 bits per heavy atom. The monoisotopic (exact) mass is 266 g/mol. The van der Waals surface area contributed by atoms with E-state index in [9.17, 15) is 9.18 Å². The van der Waals surface area contributed by atoms with Crippen molar-refractivity contribution in [2.45, 2.75) is 18.9 Å². The second kappa shape index (κ2) is 6.02. The van der Waals surface area contributed by atoms with Crippen molar-refractivity contribution in [1.82, 2.24) is 4.90 Å². The number of carboxylic acid groups (broad SMARTS) is 1. The normalized spacial score (nSPS) is 21.2. The molecule has 2 rings (SSSR count). The lowest BCUT2D eigenvalue weighted by Gasteiger charge is -2.32. The molecule has 1 aliphatic heterocycles. The van der Waals surface area contributed by atoms with Crippen LogP contribution in [0.5, 0.6) is 0 Å². The average Bonchev–Trinajstić information content (AvgIpc) is 2.51. The quantitative estimate of drug-likeness (QED) is 0.906. The van der Waals surface area contributed by atoms with E-state index < -0.39 is 5.97 Å². The third-order valence-corrected chi connectivity index (χ3v) is 3.47. The van der Waals surface area contributed by atoms with Gasteiger partial charge in [0.1, 0.15) is 5.82 Å². The van der Waals surface area contributed by atoms with Crippen LogP contribution in [0.4, 0.5) is 10.1 Å². The highest BCUT2D eigenvalue weighted by atomic mass is 19.1. The van der Waals surface area contributed by atoms with Crippen molar-refractivity contribution in [1.29, 1.82) is 0 Å². The van der Waals surface area contributed by atoms with Crippen molar-refractivity contribution >= 4 is 11.7 Å². The molecule has 5 heteroatoms. The second-order valence-electron chi connectivity index (χ2n) is 5.01. The van der Waals surface area contributed by atoms with Gasteiger partial charge < -0.3 is 14.9 Å². The summed E-state index contributed by atoms with van der Waals surface area (Å²) in [5, 5.41) is 9.04. The Kier molecular flexibility index (Phi) is 4.37. The first kappa shape index (κ1) is 13.8. The molecular weight excluding hydrogens is 247 g/mol. The molecule has 1 heterocycles. The fourth-order valence-corrected chi connectivity index (χ4v) is 2.62. The molecule has 0 amide bonds. The van der Waals surface area contributed by atoms with Crippen LogP contribution in [0.25, 0.3) is 0 Å². The Labute approximate surface area is 112 Å². The molecule has 1 aromatic carbocycles. The highest BCUT2D eigenvalue weighted by Gasteiger charge is 2.27. The van der Waals surface area contributed by atoms with Gasteiger partial charge in [0.25, 0.3) is 0 Å². The first-order valence-corrected chi connectivity index (χ1v) is 6.49. The van der Waals surface area contributed by atoms with Crippen molar-refractivity contribution in [3.63, 3.8) is 0 Å². The van der Waals surface area contributed by atoms with E-state index in [0.717, 1.165) is 13.0 Å². The zero-order valence-corrected chi connectivity index (χ0v) is 11.1. The van der Waals surface area contributed by atoms with Crippen molar-refractivity contribution in [3.05, 3.63) is 30.1 Å². The summed E-state index contributed by atoms with van der Waals surface area (Å²) in [5.41, 5.74) is 0.504. The number of carboxylic acids is 1. The summed E-state index contributed by atoms with van der Waals surface area (Å²) in [6.07, 6.45) is 0.930. The molecule has 1 fully saturated rings. The van der Waals surface area contributed by atoms with Gasteiger partial charge in [-0.2, -0.15) is 0 Å². The van der Waals surface area contributed by atoms with Crippen molar-refractivity contribution < 1.29 is 14.3 Å². The van der Waals surface area contributed by atoms with Gasteiger partial charge in [-0.05, 0) is 32.1 Å². The number of halogens is 1. The average molecular weight is 266 g/mol. The Morgan fingerprint density at radius 3 is 2.84 bits per heavy atom. The molecule has 1 aromatic rings. The Bertz CT molecular complexity index is 453. The second-order valence-corrected chi connectivity index (χ2v) is 5.01. The van der Waals surface area contributed by atoms with E-state index in [4.69, 9.17) is 5.11 Å². The fraction of sp³-hybridized carbons (Fsp3) is 0.500. The summed E-state index contributed by atoms with van der Waals surface area (Å²) in [6, 6.07) is 6.37. The van der Waals surface area contributed by atoms with E-state index in [2.05, 4.69) is 4.90 Å². The molecule has 0 saturated carbocycles. The Morgan fingerprint density at radius 1 is 1.42 bits per heavy atom. The van der Waals surface area contributed by atoms with Gasteiger partial charge in [-0.3, -0.25) is 4.79 Å². The van der Waals surface area contributed by atoms with Crippen LogP contribution in [0.2, 0.25) is 0 Å². The van der Waals surface area contributed by atoms with Crippen LogP contribution >= 0.6 is 0 Å². The SMILES string of the molecule is CN1CCCN(c2ccccc2F)C(CC(=O)O)C1. The van der Waals surface area contributed by atoms with Crippen LogP contribution in [0.1, 0.15) is 12.8 Å². The van der Waals surface area contributed by atoms with Gasteiger partial charge in [-0.25, -0.2) is 4.39 Å². The maximum atomic E-state index is 13.9. The van der Waals surface area contributed by atoms with Gasteiger partial charge in [0.2, 0.25) is 0 Å². The molecule has 0 radical (unpaired) electrons. The molecule has 1 aliphatic rings. The molecule has 1 atom stereocenters. The van der Waals surface area contributed by atoms with Crippen LogP contribution < -0.4 is 4.90 Å². The van der Waals surface area contributed by atoms with Crippen molar-refractivity contribution in [2.75, 3.05) is 31.6 Å². The minimum Gasteiger partial charge on any atom is -0.481 e. The molecule has 4 nitrogen and oxygen atoms in total. The molecule has 0 aliphatic carbocycles. The zero-order valence-electron chi connectivity index (χ0n) is 11.1. The Hall–Kier alpha value is -1.62. The van der Waals surface area contributed by atoms with E-state index in [0.29, 0.717) is 18.8 Å². The highest BCUT2D eigenvalue weighted by Crippen LogP contribution is 2.24. The molecule has 19 heavy (non-hydrogen) atoms. The van der Waals surface area contributed by atoms with E-state index in [1.165, 1.54) is 6.07 Å². The van der Waals surface area contributed by atoms with Gasteiger partial charge in [-0.1, -0.05) is 12.1 Å². The minimum atomic E-state index is -0.846. The maximum Gasteiger partial charge on any atom is 0.305 e. The first-order valence-electron chi connectivity index (χ1n) is 6.49. The van der Waals surface area contributed by atoms with Crippen LogP contribution in [0, 0.1) is 5.82 Å². The lowest BCUT2D eigenvalue weighted by atomic mass is 10.1. The van der Waals surface area contributed by atoms with E-state index in [1.54, 1.807) is 18.2 Å². The van der Waals surface area contributed by atoms with Gasteiger partial charge in [0.05, 0.1) is 18.2 Å². The lowest BCUT2D eigenvalue weighted by molar-refractivity contribution is -0.137. The lowest BCUT2D eigenvalue weighted by Crippen LogP contribution is -2.42. The standard InChI is InChI=1S/C14H19FN2O2/c1-16-7-4-8-17(11(10-16)9-14(18)19)13-6-3-2-5-12(13)15/h2-3,5-6,11H,4,7-10H2,1H3,(H,18,19). The zero-order chi connectivity index (χ0) is 13.8. The molecule has 1 saturated heterocycles. The number of likely N-dealkylation sites (N-methyl/N-ethyl adjacent to an activating group) is 1. The summed E-state index contributed by atoms with van der Waals surface area (Å²) in [5.74, 6) is -1.14. The topological polar surface area (TPSA) is 43.8 Å². The Balaban J connectivity index is 2.28. The minimum absolute atomic E-state index is 0.0265. The van der Waals surface area contributed by atoms with Crippen LogP contribution in [0.3, 0.4) is 0 Å². The molecule has 1 unspecified atom stereocenters. The number of hydrogen-bond donors (Lipinski definition) is 1. The number of nitrogens with zero attached hydrogens (tertiary/aromatic N) is 2. The van der Waals surface area contributed by atoms with Gasteiger partial charge >= 0.3 is 5.97 Å². The third kappa shape index (κ3) is 3.44. The van der Waals surface area contributed by atoms with Crippen molar-refractivity contribution in [2.24, 2.45) is 0 Å². The molecule has 104 valence electrons. The van der Waals surface area contributed by atoms with Crippen LogP contribution in [-0.2, 0) is 4.79 Å². The van der Waals surface area contributed by atoms with Gasteiger partial charge in [0.15, 0.2) is 0 Å². The predicted molar refractivity (Wildman–Crippen MR) is 71.9 cm³/mol. The summed E-state index contributed by atoms with van der Waals surface area (Å²) in [4.78, 5) is 15.0. The molecular formula is C14H19FN2O2. The summed E-state index contributed by atoms with van der Waals surface area (Å²) < 4.78 is 13.9.